The van der Waals surface area contributed by atoms with E-state index in [4.69, 9.17) is 4.74 Å². The van der Waals surface area contributed by atoms with Gasteiger partial charge in [-0.05, 0) is 31.9 Å². The molecule has 2 unspecified atom stereocenters. The highest BCUT2D eigenvalue weighted by atomic mass is 32.5. The summed E-state index contributed by atoms with van der Waals surface area (Å²) in [5.74, 6) is -1.70. The molecule has 0 aliphatic rings. The van der Waals surface area contributed by atoms with Gasteiger partial charge < -0.3 is 9.47 Å². The minimum absolute atomic E-state index is 0.0408. The molecule has 25 heavy (non-hydrogen) atoms. The fourth-order valence-corrected chi connectivity index (χ4v) is 3.18. The van der Waals surface area contributed by atoms with E-state index in [1.165, 1.54) is 13.8 Å². The number of hydrogen-bond donors (Lipinski definition) is 0. The maximum atomic E-state index is 13.4. The SMILES string of the molecule is CCC(F)COc1ccc(OCC(F)CC)c(S(F)(F)(F)(F)F)c1C. The Morgan fingerprint density at radius 3 is 1.64 bits per heavy atom. The quantitative estimate of drug-likeness (QED) is 0.421. The molecule has 10 heteroatoms. The van der Waals surface area contributed by atoms with Gasteiger partial charge >= 0.3 is 10.2 Å². The van der Waals surface area contributed by atoms with Crippen LogP contribution in [0.5, 0.6) is 11.5 Å². The second-order valence-corrected chi connectivity index (χ2v) is 7.96. The normalized spacial score (nSPS) is 17.4. The van der Waals surface area contributed by atoms with Crippen LogP contribution >= 0.6 is 10.2 Å². The maximum absolute atomic E-state index is 13.4. The molecule has 0 aliphatic carbocycles. The summed E-state index contributed by atoms with van der Waals surface area (Å²) in [6.07, 6.45) is -3.03. The van der Waals surface area contributed by atoms with Crippen LogP contribution in [0.4, 0.5) is 28.2 Å². The Bertz CT molecular complexity index is 604. The molecule has 0 bridgehead atoms. The number of alkyl halides is 2. The van der Waals surface area contributed by atoms with Crippen LogP contribution < -0.4 is 9.47 Å². The highest BCUT2D eigenvalue weighted by Gasteiger charge is 2.68. The van der Waals surface area contributed by atoms with Gasteiger partial charge in [-0.15, -0.1) is 0 Å². The molecular formula is C15H21F7O2S. The summed E-state index contributed by atoms with van der Waals surface area (Å²) in [5.41, 5.74) is -0.924. The van der Waals surface area contributed by atoms with Crippen LogP contribution in [0.25, 0.3) is 0 Å². The van der Waals surface area contributed by atoms with Crippen LogP contribution in [0.1, 0.15) is 32.3 Å². The number of rotatable bonds is 9. The topological polar surface area (TPSA) is 18.5 Å². The lowest BCUT2D eigenvalue weighted by Gasteiger charge is -2.42. The zero-order valence-corrected chi connectivity index (χ0v) is 14.8. The number of benzene rings is 1. The molecule has 2 atom stereocenters. The molecule has 0 spiro atoms. The first-order valence-corrected chi connectivity index (χ1v) is 9.56. The molecule has 0 aromatic heterocycles. The van der Waals surface area contributed by atoms with E-state index in [1.54, 1.807) is 0 Å². The third-order valence-electron chi connectivity index (χ3n) is 3.43. The lowest BCUT2D eigenvalue weighted by Crippen LogP contribution is -2.17. The molecule has 148 valence electrons. The lowest BCUT2D eigenvalue weighted by molar-refractivity contribution is 0.182. The van der Waals surface area contributed by atoms with Gasteiger partial charge in [-0.1, -0.05) is 33.3 Å². The number of ether oxygens (including phenoxy) is 2. The van der Waals surface area contributed by atoms with E-state index in [0.29, 0.717) is 6.07 Å². The van der Waals surface area contributed by atoms with E-state index in [-0.39, 0.29) is 12.8 Å². The van der Waals surface area contributed by atoms with Crippen molar-refractivity contribution in [3.05, 3.63) is 17.7 Å². The van der Waals surface area contributed by atoms with Crippen molar-refractivity contribution in [3.63, 3.8) is 0 Å². The summed E-state index contributed by atoms with van der Waals surface area (Å²) in [6.45, 7) is 2.35. The largest absolute Gasteiger partial charge is 0.490 e. The van der Waals surface area contributed by atoms with E-state index < -0.39 is 57.7 Å². The summed E-state index contributed by atoms with van der Waals surface area (Å²) in [6, 6.07) is 1.61. The average Bonchev–Trinajstić information content (AvgIpc) is 2.48. The molecule has 1 aromatic rings. The maximum Gasteiger partial charge on any atom is 0.314 e. The Kier molecular flexibility index (Phi) is 5.88. The first-order chi connectivity index (χ1) is 11.2. The lowest BCUT2D eigenvalue weighted by atomic mass is 10.2. The Morgan fingerprint density at radius 2 is 1.24 bits per heavy atom. The zero-order chi connectivity index (χ0) is 19.5. The van der Waals surface area contributed by atoms with Crippen LogP contribution in [0.2, 0.25) is 0 Å². The molecule has 0 saturated heterocycles. The molecule has 0 heterocycles. The Labute approximate surface area is 142 Å². The molecule has 1 rings (SSSR count). The Morgan fingerprint density at radius 1 is 0.840 bits per heavy atom. The summed E-state index contributed by atoms with van der Waals surface area (Å²) in [4.78, 5) is -2.27. The van der Waals surface area contributed by atoms with Crippen molar-refractivity contribution in [2.24, 2.45) is 0 Å². The van der Waals surface area contributed by atoms with E-state index >= 15 is 0 Å². The minimum atomic E-state index is -10.1. The predicted octanol–water partition coefficient (Wildman–Crippen LogP) is 6.91. The third kappa shape index (κ3) is 6.16. The average molecular weight is 398 g/mol. The minimum Gasteiger partial charge on any atom is -0.490 e. The van der Waals surface area contributed by atoms with Crippen molar-refractivity contribution >= 4 is 10.2 Å². The molecular weight excluding hydrogens is 377 g/mol. The molecule has 0 fully saturated rings. The van der Waals surface area contributed by atoms with Crippen LogP contribution in [-0.2, 0) is 0 Å². The van der Waals surface area contributed by atoms with Gasteiger partial charge in [0.2, 0.25) is 0 Å². The molecule has 1 aromatic carbocycles. The van der Waals surface area contributed by atoms with Crippen LogP contribution in [0, 0.1) is 6.92 Å². The van der Waals surface area contributed by atoms with Crippen molar-refractivity contribution in [1.82, 2.24) is 0 Å². The Balaban J connectivity index is 3.34. The summed E-state index contributed by atoms with van der Waals surface area (Å²) in [5, 5.41) is 0. The molecule has 0 amide bonds. The van der Waals surface area contributed by atoms with Crippen molar-refractivity contribution in [2.75, 3.05) is 13.2 Å². The van der Waals surface area contributed by atoms with Crippen molar-refractivity contribution in [1.29, 1.82) is 0 Å². The van der Waals surface area contributed by atoms with Gasteiger partial charge in [-0.25, -0.2) is 8.78 Å². The molecule has 0 aliphatic heterocycles. The summed E-state index contributed by atoms with van der Waals surface area (Å²) < 4.78 is 103. The van der Waals surface area contributed by atoms with E-state index in [2.05, 4.69) is 4.74 Å². The van der Waals surface area contributed by atoms with E-state index in [1.807, 2.05) is 0 Å². The second-order valence-electron chi connectivity index (χ2n) is 5.62. The summed E-state index contributed by atoms with van der Waals surface area (Å²) in [7, 11) is -10.1. The van der Waals surface area contributed by atoms with Gasteiger partial charge in [0.1, 0.15) is 37.1 Å². The molecule has 2 nitrogen and oxygen atoms in total. The van der Waals surface area contributed by atoms with Gasteiger partial charge in [0.15, 0.2) is 4.90 Å². The third-order valence-corrected chi connectivity index (χ3v) is 4.71. The second kappa shape index (κ2) is 6.77. The standard InChI is InChI=1S/C15H21F7O2S/c1-4-11(16)8-23-13-6-7-14(24-9-12(17)5-2)15(10(13)3)25(18,19,20,21)22/h6-7,11-12H,4-5,8-9H2,1-3H3. The Hall–Kier alpha value is -1.32. The van der Waals surface area contributed by atoms with Gasteiger partial charge in [-0.3, -0.25) is 0 Å². The predicted molar refractivity (Wildman–Crippen MR) is 83.9 cm³/mol. The van der Waals surface area contributed by atoms with Crippen LogP contribution in [0.3, 0.4) is 0 Å². The van der Waals surface area contributed by atoms with Gasteiger partial charge in [-0.2, -0.15) is 0 Å². The van der Waals surface area contributed by atoms with E-state index in [0.717, 1.165) is 13.0 Å². The first-order valence-electron chi connectivity index (χ1n) is 7.61. The molecule has 0 saturated carbocycles. The van der Waals surface area contributed by atoms with Gasteiger partial charge in [0.05, 0.1) is 0 Å². The van der Waals surface area contributed by atoms with Crippen molar-refractivity contribution in [2.45, 2.75) is 50.9 Å². The fraction of sp³-hybridized carbons (Fsp3) is 0.600. The van der Waals surface area contributed by atoms with E-state index in [9.17, 15) is 28.2 Å². The van der Waals surface area contributed by atoms with Crippen molar-refractivity contribution < 1.29 is 37.7 Å². The monoisotopic (exact) mass is 398 g/mol. The van der Waals surface area contributed by atoms with Gasteiger partial charge in [0.25, 0.3) is 0 Å². The summed E-state index contributed by atoms with van der Waals surface area (Å²) >= 11 is 0. The number of halogens is 7. The highest BCUT2D eigenvalue weighted by Crippen LogP contribution is 3.03. The highest BCUT2D eigenvalue weighted by molar-refractivity contribution is 8.45. The van der Waals surface area contributed by atoms with Crippen LogP contribution in [-0.4, -0.2) is 25.6 Å². The van der Waals surface area contributed by atoms with Gasteiger partial charge in [0, 0.05) is 5.56 Å². The molecule has 0 N–H and O–H groups in total. The fourth-order valence-electron chi connectivity index (χ4n) is 1.99. The molecule has 0 radical (unpaired) electrons. The smallest absolute Gasteiger partial charge is 0.314 e. The van der Waals surface area contributed by atoms with Crippen molar-refractivity contribution in [3.8, 4) is 11.5 Å². The number of hydrogen-bond acceptors (Lipinski definition) is 2. The zero-order valence-electron chi connectivity index (χ0n) is 14.0. The van der Waals surface area contributed by atoms with Crippen LogP contribution in [0.15, 0.2) is 17.0 Å². The first kappa shape index (κ1) is 21.7.